The normalized spacial score (nSPS) is 10.7. The number of carbonyl (C=O) groups is 1. The number of carbonyl (C=O) groups excluding carboxylic acids is 1. The van der Waals surface area contributed by atoms with Gasteiger partial charge in [-0.05, 0) is 38.1 Å². The van der Waals surface area contributed by atoms with Gasteiger partial charge in [-0.3, -0.25) is 9.78 Å². The summed E-state index contributed by atoms with van der Waals surface area (Å²) in [6, 6.07) is 9.08. The van der Waals surface area contributed by atoms with Gasteiger partial charge in [-0.1, -0.05) is 0 Å². The second-order valence-corrected chi connectivity index (χ2v) is 6.06. The van der Waals surface area contributed by atoms with Crippen molar-refractivity contribution in [3.8, 4) is 0 Å². The molecule has 1 amide bonds. The first-order valence-corrected chi connectivity index (χ1v) is 8.22. The molecule has 8 heteroatoms. The Labute approximate surface area is 151 Å². The van der Waals surface area contributed by atoms with Crippen molar-refractivity contribution in [2.45, 2.75) is 20.3 Å². The van der Waals surface area contributed by atoms with Gasteiger partial charge >= 0.3 is 0 Å². The zero-order valence-corrected chi connectivity index (χ0v) is 14.7. The zero-order valence-electron chi connectivity index (χ0n) is 14.7. The van der Waals surface area contributed by atoms with Crippen LogP contribution >= 0.6 is 0 Å². The van der Waals surface area contributed by atoms with Crippen molar-refractivity contribution >= 4 is 40.0 Å². The number of fused-ring (bicyclic) bond motifs is 1. The molecule has 0 saturated heterocycles. The lowest BCUT2D eigenvalue weighted by atomic mass is 10.1. The average Bonchev–Trinajstić information content (AvgIpc) is 2.54. The highest BCUT2D eigenvalue weighted by molar-refractivity contribution is 5.97. The molecule has 0 spiro atoms. The molecule has 0 aliphatic carbocycles. The van der Waals surface area contributed by atoms with E-state index >= 15 is 0 Å². The first kappa shape index (κ1) is 17.4. The Morgan fingerprint density at radius 2 is 1.81 bits per heavy atom. The van der Waals surface area contributed by atoms with E-state index in [0.717, 1.165) is 22.3 Å². The van der Waals surface area contributed by atoms with E-state index in [-0.39, 0.29) is 18.3 Å². The molecule has 26 heavy (non-hydrogen) atoms. The summed E-state index contributed by atoms with van der Waals surface area (Å²) < 4.78 is 0. The number of rotatable bonds is 5. The minimum atomic E-state index is -0.116. The van der Waals surface area contributed by atoms with Crippen LogP contribution in [0.1, 0.15) is 17.8 Å². The van der Waals surface area contributed by atoms with Gasteiger partial charge in [0, 0.05) is 47.2 Å². The number of nitrogen functional groups attached to an aromatic ring is 2. The molecule has 8 nitrogen and oxygen atoms in total. The summed E-state index contributed by atoms with van der Waals surface area (Å²) >= 11 is 0. The first-order valence-electron chi connectivity index (χ1n) is 8.22. The predicted octanol–water partition coefficient (Wildman–Crippen LogP) is 2.25. The van der Waals surface area contributed by atoms with E-state index in [4.69, 9.17) is 11.5 Å². The van der Waals surface area contributed by atoms with Crippen LogP contribution in [0, 0.1) is 13.8 Å². The van der Waals surface area contributed by atoms with E-state index in [9.17, 15) is 4.79 Å². The first-order chi connectivity index (χ1) is 12.4. The van der Waals surface area contributed by atoms with Gasteiger partial charge in [0.1, 0.15) is 5.82 Å². The third-order valence-corrected chi connectivity index (χ3v) is 3.78. The highest BCUT2D eigenvalue weighted by Gasteiger charge is 2.07. The lowest BCUT2D eigenvalue weighted by Gasteiger charge is -2.09. The number of aromatic nitrogens is 3. The van der Waals surface area contributed by atoms with E-state index in [1.54, 1.807) is 6.07 Å². The van der Waals surface area contributed by atoms with Gasteiger partial charge < -0.3 is 22.1 Å². The van der Waals surface area contributed by atoms with Crippen LogP contribution in [0.2, 0.25) is 0 Å². The molecule has 6 N–H and O–H groups in total. The quantitative estimate of drug-likeness (QED) is 0.554. The number of nitrogens with zero attached hydrogens (tertiary/aromatic N) is 3. The van der Waals surface area contributed by atoms with Crippen molar-refractivity contribution < 1.29 is 4.79 Å². The molecule has 0 unspecified atom stereocenters. The molecule has 2 heterocycles. The van der Waals surface area contributed by atoms with Crippen molar-refractivity contribution in [3.63, 3.8) is 0 Å². The number of anilines is 4. The maximum atomic E-state index is 12.2. The van der Waals surface area contributed by atoms with Crippen molar-refractivity contribution in [3.05, 3.63) is 41.7 Å². The van der Waals surface area contributed by atoms with Crippen molar-refractivity contribution in [1.82, 2.24) is 15.0 Å². The number of amides is 1. The number of nitrogens with two attached hydrogens (primary N) is 2. The molecule has 0 atom stereocenters. The smallest absolute Gasteiger partial charge is 0.226 e. The molecule has 0 bridgehead atoms. The van der Waals surface area contributed by atoms with Crippen molar-refractivity contribution in [2.75, 3.05) is 28.6 Å². The van der Waals surface area contributed by atoms with E-state index in [2.05, 4.69) is 25.6 Å². The number of hydrogen-bond donors (Lipinski definition) is 4. The number of pyridine rings is 1. The molecule has 134 valence electrons. The number of benzene rings is 1. The second-order valence-electron chi connectivity index (χ2n) is 6.06. The van der Waals surface area contributed by atoms with Gasteiger partial charge in [0.2, 0.25) is 11.9 Å². The van der Waals surface area contributed by atoms with Gasteiger partial charge in [-0.25, -0.2) is 4.98 Å². The SMILES string of the molecule is Cc1cc(NCCC(=O)Nc2ccc3nc(C)cc(N)c3c2)nc(N)n1. The van der Waals surface area contributed by atoms with Crippen molar-refractivity contribution in [2.24, 2.45) is 0 Å². The Bertz CT molecular complexity index is 951. The van der Waals surface area contributed by atoms with Gasteiger partial charge in [-0.2, -0.15) is 4.98 Å². The molecule has 2 aromatic heterocycles. The van der Waals surface area contributed by atoms with Gasteiger partial charge in [0.25, 0.3) is 0 Å². The Hall–Kier alpha value is -3.42. The fourth-order valence-electron chi connectivity index (χ4n) is 2.68. The highest BCUT2D eigenvalue weighted by atomic mass is 16.1. The van der Waals surface area contributed by atoms with Crippen LogP contribution in [0.4, 0.5) is 23.1 Å². The zero-order chi connectivity index (χ0) is 18.7. The lowest BCUT2D eigenvalue weighted by molar-refractivity contribution is -0.115. The fourth-order valence-corrected chi connectivity index (χ4v) is 2.68. The summed E-state index contributed by atoms with van der Waals surface area (Å²) in [6.45, 7) is 4.15. The Balaban J connectivity index is 1.60. The maximum Gasteiger partial charge on any atom is 0.226 e. The molecule has 1 aromatic carbocycles. The summed E-state index contributed by atoms with van der Waals surface area (Å²) in [6.07, 6.45) is 0.280. The largest absolute Gasteiger partial charge is 0.398 e. The Morgan fingerprint density at radius 3 is 2.58 bits per heavy atom. The minimum absolute atomic E-state index is 0.116. The highest BCUT2D eigenvalue weighted by Crippen LogP contribution is 2.24. The molecule has 0 aliphatic heterocycles. The fraction of sp³-hybridized carbons (Fsp3) is 0.222. The molecular formula is C18H21N7O. The molecule has 0 aliphatic rings. The standard InChI is InChI=1S/C18H21N7O/c1-10-7-14(19)13-9-12(3-4-15(13)22-10)24-17(26)5-6-21-16-8-11(2)23-18(20)25-16/h3-4,7-9H,5-6H2,1-2H3,(H2,19,22)(H,24,26)(H3,20,21,23,25). The van der Waals surface area contributed by atoms with Gasteiger partial charge in [0.15, 0.2) is 0 Å². The summed E-state index contributed by atoms with van der Waals surface area (Å²) in [4.78, 5) is 24.7. The monoisotopic (exact) mass is 351 g/mol. The summed E-state index contributed by atoms with van der Waals surface area (Å²) in [7, 11) is 0. The molecule has 0 radical (unpaired) electrons. The number of hydrogen-bond acceptors (Lipinski definition) is 7. The van der Waals surface area contributed by atoms with Gasteiger partial charge in [-0.15, -0.1) is 0 Å². The Kier molecular flexibility index (Phi) is 4.83. The van der Waals surface area contributed by atoms with Crippen LogP contribution < -0.4 is 22.1 Å². The number of aryl methyl sites for hydroxylation is 2. The summed E-state index contributed by atoms with van der Waals surface area (Å²) in [5, 5.41) is 6.75. The minimum Gasteiger partial charge on any atom is -0.398 e. The van der Waals surface area contributed by atoms with Crippen LogP contribution in [-0.4, -0.2) is 27.4 Å². The van der Waals surface area contributed by atoms with Crippen LogP contribution in [0.25, 0.3) is 10.9 Å². The van der Waals surface area contributed by atoms with Crippen LogP contribution in [0.15, 0.2) is 30.3 Å². The van der Waals surface area contributed by atoms with Crippen LogP contribution in [-0.2, 0) is 4.79 Å². The van der Waals surface area contributed by atoms with Crippen molar-refractivity contribution in [1.29, 1.82) is 0 Å². The molecule has 0 fully saturated rings. The topological polar surface area (TPSA) is 132 Å². The van der Waals surface area contributed by atoms with E-state index in [1.165, 1.54) is 0 Å². The molecule has 0 saturated carbocycles. The van der Waals surface area contributed by atoms with E-state index in [1.807, 2.05) is 38.1 Å². The molecule has 3 aromatic rings. The summed E-state index contributed by atoms with van der Waals surface area (Å²) in [5.41, 5.74) is 15.4. The number of nitrogens with one attached hydrogen (secondary N) is 2. The Morgan fingerprint density at radius 1 is 1.04 bits per heavy atom. The van der Waals surface area contributed by atoms with Crippen LogP contribution in [0.5, 0.6) is 0 Å². The second kappa shape index (κ2) is 7.22. The summed E-state index contributed by atoms with van der Waals surface area (Å²) in [5.74, 6) is 0.687. The van der Waals surface area contributed by atoms with Crippen LogP contribution in [0.3, 0.4) is 0 Å². The third kappa shape index (κ3) is 4.15. The van der Waals surface area contributed by atoms with E-state index in [0.29, 0.717) is 23.7 Å². The molecule has 3 rings (SSSR count). The molecular weight excluding hydrogens is 330 g/mol. The maximum absolute atomic E-state index is 12.2. The average molecular weight is 351 g/mol. The third-order valence-electron chi connectivity index (χ3n) is 3.78. The van der Waals surface area contributed by atoms with Gasteiger partial charge in [0.05, 0.1) is 5.52 Å². The lowest BCUT2D eigenvalue weighted by Crippen LogP contribution is -2.17. The van der Waals surface area contributed by atoms with E-state index < -0.39 is 0 Å². The predicted molar refractivity (Wildman–Crippen MR) is 104 cm³/mol.